The van der Waals surface area contributed by atoms with Crippen molar-refractivity contribution < 1.29 is 4.79 Å². The molecule has 0 radical (unpaired) electrons. The molecule has 2 heterocycles. The quantitative estimate of drug-likeness (QED) is 0.898. The Balaban J connectivity index is 0.00000161. The summed E-state index contributed by atoms with van der Waals surface area (Å²) in [6.07, 6.45) is 2.47. The van der Waals surface area contributed by atoms with Gasteiger partial charge in [0, 0.05) is 18.8 Å². The molecule has 2 fully saturated rings. The van der Waals surface area contributed by atoms with Crippen molar-refractivity contribution in [2.24, 2.45) is 5.41 Å². The smallest absolute Gasteiger partial charge is 0.238 e. The Morgan fingerprint density at radius 3 is 2.90 bits per heavy atom. The summed E-state index contributed by atoms with van der Waals surface area (Å²) in [5, 5.41) is 6.47. The zero-order valence-corrected chi connectivity index (χ0v) is 13.3. The van der Waals surface area contributed by atoms with Gasteiger partial charge in [0.1, 0.15) is 0 Å². The third-order valence-electron chi connectivity index (χ3n) is 4.64. The van der Waals surface area contributed by atoms with Gasteiger partial charge in [0.25, 0.3) is 0 Å². The second-order valence-electron chi connectivity index (χ2n) is 6.25. The number of benzene rings is 1. The molecule has 116 valence electrons. The number of nitrogens with zero attached hydrogens (tertiary/aromatic N) is 1. The molecular weight excluding hydrogens is 286 g/mol. The Hall–Kier alpha value is -1.10. The maximum atomic E-state index is 12.2. The molecule has 2 aliphatic rings. The molecule has 2 N–H and O–H groups in total. The Bertz CT molecular complexity index is 500. The third kappa shape index (κ3) is 3.76. The summed E-state index contributed by atoms with van der Waals surface area (Å²) >= 11 is 0. The maximum Gasteiger partial charge on any atom is 0.238 e. The topological polar surface area (TPSA) is 44.4 Å². The molecule has 3 rings (SSSR count). The van der Waals surface area contributed by atoms with Crippen LogP contribution in [-0.4, -0.2) is 43.5 Å². The number of amides is 1. The summed E-state index contributed by atoms with van der Waals surface area (Å²) in [5.74, 6) is 0.0994. The number of halogens is 1. The number of anilines is 1. The first kappa shape index (κ1) is 16.3. The average Bonchev–Trinajstić information content (AvgIpc) is 3.03. The predicted octanol–water partition coefficient (Wildman–Crippen LogP) is 2.04. The maximum absolute atomic E-state index is 12.2. The number of para-hydroxylation sites is 1. The lowest BCUT2D eigenvalue weighted by molar-refractivity contribution is -0.117. The van der Waals surface area contributed by atoms with Gasteiger partial charge in [-0.2, -0.15) is 0 Å². The largest absolute Gasteiger partial charge is 0.325 e. The monoisotopic (exact) mass is 309 g/mol. The van der Waals surface area contributed by atoms with E-state index in [4.69, 9.17) is 0 Å². The molecule has 4 nitrogen and oxygen atoms in total. The fourth-order valence-corrected chi connectivity index (χ4v) is 3.41. The lowest BCUT2D eigenvalue weighted by Gasteiger charge is -2.22. The molecule has 0 aromatic heterocycles. The minimum atomic E-state index is 0. The van der Waals surface area contributed by atoms with Gasteiger partial charge in [0.05, 0.1) is 6.54 Å². The van der Waals surface area contributed by atoms with Gasteiger partial charge < -0.3 is 10.6 Å². The summed E-state index contributed by atoms with van der Waals surface area (Å²) in [7, 11) is 0. The Kier molecular flexibility index (Phi) is 5.25. The molecule has 1 aromatic carbocycles. The second-order valence-corrected chi connectivity index (χ2v) is 6.25. The standard InChI is InChI=1S/C16H23N3O.ClH/c1-13-4-2-3-5-14(13)18-15(20)10-19-9-7-16(12-19)6-8-17-11-16;/h2-5,17H,6-12H2,1H3,(H,18,20);1H. The minimum Gasteiger partial charge on any atom is -0.325 e. The van der Waals surface area contributed by atoms with Crippen LogP contribution >= 0.6 is 12.4 Å². The lowest BCUT2D eigenvalue weighted by Crippen LogP contribution is -2.34. The van der Waals surface area contributed by atoms with Crippen LogP contribution in [0.25, 0.3) is 0 Å². The van der Waals surface area contributed by atoms with Gasteiger partial charge in [0.2, 0.25) is 5.91 Å². The van der Waals surface area contributed by atoms with Crippen molar-refractivity contribution in [2.75, 3.05) is 38.0 Å². The highest BCUT2D eigenvalue weighted by molar-refractivity contribution is 5.92. The number of nitrogens with one attached hydrogen (secondary N) is 2. The van der Waals surface area contributed by atoms with Crippen molar-refractivity contribution in [3.63, 3.8) is 0 Å². The highest BCUT2D eigenvalue weighted by atomic mass is 35.5. The SMILES string of the molecule is Cc1ccccc1NC(=O)CN1CCC2(CCNC2)C1.Cl. The van der Waals surface area contributed by atoms with E-state index in [2.05, 4.69) is 15.5 Å². The van der Waals surface area contributed by atoms with E-state index in [0.29, 0.717) is 12.0 Å². The zero-order chi connectivity index (χ0) is 14.0. The molecule has 2 aliphatic heterocycles. The number of rotatable bonds is 3. The lowest BCUT2D eigenvalue weighted by atomic mass is 9.87. The van der Waals surface area contributed by atoms with E-state index in [1.165, 1.54) is 12.8 Å². The molecule has 0 bridgehead atoms. The van der Waals surface area contributed by atoms with E-state index >= 15 is 0 Å². The molecule has 0 saturated carbocycles. The van der Waals surface area contributed by atoms with Crippen LogP contribution in [0.1, 0.15) is 18.4 Å². The van der Waals surface area contributed by atoms with Crippen molar-refractivity contribution >= 4 is 24.0 Å². The van der Waals surface area contributed by atoms with Gasteiger partial charge in [-0.1, -0.05) is 18.2 Å². The second kappa shape index (κ2) is 6.77. The van der Waals surface area contributed by atoms with Gasteiger partial charge in [-0.25, -0.2) is 0 Å². The number of carbonyl (C=O) groups excluding carboxylic acids is 1. The van der Waals surface area contributed by atoms with Crippen LogP contribution in [0, 0.1) is 12.3 Å². The normalized spacial score (nSPS) is 25.0. The summed E-state index contributed by atoms with van der Waals surface area (Å²) < 4.78 is 0. The van der Waals surface area contributed by atoms with E-state index in [1.54, 1.807) is 0 Å². The van der Waals surface area contributed by atoms with Gasteiger partial charge in [-0.15, -0.1) is 12.4 Å². The van der Waals surface area contributed by atoms with Crippen LogP contribution in [-0.2, 0) is 4.79 Å². The van der Waals surface area contributed by atoms with Crippen molar-refractivity contribution in [1.82, 2.24) is 10.2 Å². The van der Waals surface area contributed by atoms with Crippen LogP contribution in [0.3, 0.4) is 0 Å². The molecule has 21 heavy (non-hydrogen) atoms. The summed E-state index contributed by atoms with van der Waals surface area (Å²) in [6, 6.07) is 7.92. The van der Waals surface area contributed by atoms with Gasteiger partial charge in [-0.05, 0) is 49.9 Å². The molecule has 0 aliphatic carbocycles. The number of hydrogen-bond acceptors (Lipinski definition) is 3. The van der Waals surface area contributed by atoms with E-state index in [9.17, 15) is 4.79 Å². The Labute approximate surface area is 132 Å². The summed E-state index contributed by atoms with van der Waals surface area (Å²) in [4.78, 5) is 14.4. The zero-order valence-electron chi connectivity index (χ0n) is 12.5. The van der Waals surface area contributed by atoms with Crippen molar-refractivity contribution in [1.29, 1.82) is 0 Å². The van der Waals surface area contributed by atoms with Crippen molar-refractivity contribution in [3.05, 3.63) is 29.8 Å². The van der Waals surface area contributed by atoms with Crippen LogP contribution < -0.4 is 10.6 Å². The summed E-state index contributed by atoms with van der Waals surface area (Å²) in [6.45, 7) is 6.87. The molecule has 1 atom stereocenters. The van der Waals surface area contributed by atoms with Crippen LogP contribution in [0.15, 0.2) is 24.3 Å². The highest BCUT2D eigenvalue weighted by Gasteiger charge is 2.40. The molecule has 1 amide bonds. The van der Waals surface area contributed by atoms with Gasteiger partial charge >= 0.3 is 0 Å². The molecule has 1 aromatic rings. The Morgan fingerprint density at radius 2 is 2.19 bits per heavy atom. The highest BCUT2D eigenvalue weighted by Crippen LogP contribution is 2.35. The fourth-order valence-electron chi connectivity index (χ4n) is 3.41. The fraction of sp³-hybridized carbons (Fsp3) is 0.562. The number of carbonyl (C=O) groups is 1. The third-order valence-corrected chi connectivity index (χ3v) is 4.64. The molecule has 2 saturated heterocycles. The number of aryl methyl sites for hydroxylation is 1. The number of likely N-dealkylation sites (tertiary alicyclic amines) is 1. The first-order valence-electron chi connectivity index (χ1n) is 7.46. The first-order valence-corrected chi connectivity index (χ1v) is 7.46. The van der Waals surface area contributed by atoms with Crippen LogP contribution in [0.2, 0.25) is 0 Å². The van der Waals surface area contributed by atoms with Crippen molar-refractivity contribution in [2.45, 2.75) is 19.8 Å². The van der Waals surface area contributed by atoms with Gasteiger partial charge in [-0.3, -0.25) is 9.69 Å². The van der Waals surface area contributed by atoms with Gasteiger partial charge in [0.15, 0.2) is 0 Å². The van der Waals surface area contributed by atoms with Crippen LogP contribution in [0.5, 0.6) is 0 Å². The minimum absolute atomic E-state index is 0. The first-order chi connectivity index (χ1) is 9.67. The predicted molar refractivity (Wildman–Crippen MR) is 88.0 cm³/mol. The van der Waals surface area contributed by atoms with E-state index in [-0.39, 0.29) is 18.3 Å². The number of hydrogen-bond donors (Lipinski definition) is 2. The molecular formula is C16H24ClN3O. The molecule has 5 heteroatoms. The van der Waals surface area contributed by atoms with E-state index < -0.39 is 0 Å². The molecule has 1 spiro atoms. The average molecular weight is 310 g/mol. The molecule has 1 unspecified atom stereocenters. The Morgan fingerprint density at radius 1 is 1.38 bits per heavy atom. The summed E-state index contributed by atoms with van der Waals surface area (Å²) in [5.41, 5.74) is 2.47. The van der Waals surface area contributed by atoms with E-state index in [1.807, 2.05) is 31.2 Å². The van der Waals surface area contributed by atoms with Crippen LogP contribution in [0.4, 0.5) is 5.69 Å². The van der Waals surface area contributed by atoms with E-state index in [0.717, 1.165) is 37.4 Å². The van der Waals surface area contributed by atoms with Crippen molar-refractivity contribution in [3.8, 4) is 0 Å².